The summed E-state index contributed by atoms with van der Waals surface area (Å²) in [6.45, 7) is 0.798. The van der Waals surface area contributed by atoms with Crippen molar-refractivity contribution in [3.05, 3.63) is 34.1 Å². The number of amides is 1. The number of carbonyl (C=O) groups excluding carboxylic acids is 1. The van der Waals surface area contributed by atoms with Gasteiger partial charge in [-0.3, -0.25) is 14.9 Å². The van der Waals surface area contributed by atoms with Crippen molar-refractivity contribution in [3.63, 3.8) is 0 Å². The van der Waals surface area contributed by atoms with E-state index in [9.17, 15) is 19.3 Å². The molecule has 1 aromatic rings. The molecular formula is C11H14FN3O4. The highest BCUT2D eigenvalue weighted by Gasteiger charge is 2.14. The number of benzene rings is 1. The Hall–Kier alpha value is -2.22. The minimum Gasteiger partial charge on any atom is -0.484 e. The molecule has 1 amide bonds. The average Bonchev–Trinajstić information content (AvgIpc) is 2.36. The highest BCUT2D eigenvalue weighted by molar-refractivity contribution is 5.77. The Labute approximate surface area is 108 Å². The molecule has 0 aliphatic rings. The van der Waals surface area contributed by atoms with Gasteiger partial charge in [0.2, 0.25) is 5.82 Å². The molecule has 0 fully saturated rings. The van der Waals surface area contributed by atoms with Gasteiger partial charge in [-0.15, -0.1) is 0 Å². The first kappa shape index (κ1) is 14.8. The Kier molecular flexibility index (Phi) is 5.68. The molecular weight excluding hydrogens is 257 g/mol. The smallest absolute Gasteiger partial charge is 0.305 e. The van der Waals surface area contributed by atoms with Crippen LogP contribution in [0.1, 0.15) is 0 Å². The summed E-state index contributed by atoms with van der Waals surface area (Å²) in [5.74, 6) is -1.29. The number of halogens is 1. The van der Waals surface area contributed by atoms with Crippen LogP contribution in [0.4, 0.5) is 10.1 Å². The fourth-order valence-electron chi connectivity index (χ4n) is 1.25. The molecule has 1 rings (SSSR count). The van der Waals surface area contributed by atoms with Gasteiger partial charge in [-0.1, -0.05) is 0 Å². The molecule has 7 nitrogen and oxygen atoms in total. The Bertz CT molecular complexity index is 467. The molecule has 0 spiro atoms. The molecule has 0 bridgehead atoms. The third kappa shape index (κ3) is 4.88. The molecule has 0 aliphatic heterocycles. The molecule has 0 aliphatic carbocycles. The van der Waals surface area contributed by atoms with Gasteiger partial charge in [-0.2, -0.15) is 4.39 Å². The molecule has 2 N–H and O–H groups in total. The molecule has 1 aromatic carbocycles. The summed E-state index contributed by atoms with van der Waals surface area (Å²) >= 11 is 0. The number of nitrogens with zero attached hydrogens (tertiary/aromatic N) is 1. The summed E-state index contributed by atoms with van der Waals surface area (Å²) in [7, 11) is 1.75. The first-order chi connectivity index (χ1) is 9.04. The Balaban J connectivity index is 2.48. The summed E-state index contributed by atoms with van der Waals surface area (Å²) < 4.78 is 18.3. The zero-order chi connectivity index (χ0) is 14.3. The first-order valence-electron chi connectivity index (χ1n) is 5.52. The van der Waals surface area contributed by atoms with Crippen LogP contribution in [0.3, 0.4) is 0 Å². The lowest BCUT2D eigenvalue weighted by molar-refractivity contribution is -0.387. The second kappa shape index (κ2) is 7.27. The van der Waals surface area contributed by atoms with Crippen molar-refractivity contribution in [1.29, 1.82) is 0 Å². The highest BCUT2D eigenvalue weighted by Crippen LogP contribution is 2.22. The summed E-state index contributed by atoms with van der Waals surface area (Å²) in [5, 5.41) is 15.8. The van der Waals surface area contributed by atoms with Crippen molar-refractivity contribution in [2.75, 3.05) is 26.7 Å². The van der Waals surface area contributed by atoms with Crippen molar-refractivity contribution in [3.8, 4) is 5.75 Å². The average molecular weight is 271 g/mol. The molecule has 0 heterocycles. The molecule has 0 atom stereocenters. The second-order valence-corrected chi connectivity index (χ2v) is 3.61. The van der Waals surface area contributed by atoms with Crippen LogP contribution >= 0.6 is 0 Å². The number of nitro groups is 1. The fourth-order valence-corrected chi connectivity index (χ4v) is 1.25. The maximum absolute atomic E-state index is 13.2. The Morgan fingerprint density at radius 2 is 2.21 bits per heavy atom. The fraction of sp³-hybridized carbons (Fsp3) is 0.364. The highest BCUT2D eigenvalue weighted by atomic mass is 19.1. The van der Waals surface area contributed by atoms with Crippen molar-refractivity contribution < 1.29 is 18.8 Å². The monoisotopic (exact) mass is 271 g/mol. The van der Waals surface area contributed by atoms with Gasteiger partial charge in [0.1, 0.15) is 5.75 Å². The summed E-state index contributed by atoms with van der Waals surface area (Å²) in [4.78, 5) is 20.9. The van der Waals surface area contributed by atoms with Gasteiger partial charge in [-0.05, 0) is 13.1 Å². The number of nitro benzene ring substituents is 1. The van der Waals surface area contributed by atoms with E-state index >= 15 is 0 Å². The minimum absolute atomic E-state index is 0.0619. The number of carbonyl (C=O) groups is 1. The summed E-state index contributed by atoms with van der Waals surface area (Å²) in [6, 6.07) is 3.10. The minimum atomic E-state index is -1.00. The van der Waals surface area contributed by atoms with Gasteiger partial charge < -0.3 is 15.4 Å². The van der Waals surface area contributed by atoms with Crippen molar-refractivity contribution in [2.24, 2.45) is 0 Å². The number of likely N-dealkylation sites (N-methyl/N-ethyl adjacent to an activating group) is 1. The van der Waals surface area contributed by atoms with E-state index in [1.54, 1.807) is 7.05 Å². The number of hydrogen-bond donors (Lipinski definition) is 2. The lowest BCUT2D eigenvalue weighted by Gasteiger charge is -2.07. The van der Waals surface area contributed by atoms with Crippen LogP contribution in [-0.2, 0) is 4.79 Å². The number of hydrogen-bond acceptors (Lipinski definition) is 5. The van der Waals surface area contributed by atoms with E-state index < -0.39 is 16.4 Å². The van der Waals surface area contributed by atoms with Crippen LogP contribution in [0.5, 0.6) is 5.75 Å². The molecule has 19 heavy (non-hydrogen) atoms. The van der Waals surface area contributed by atoms with Gasteiger partial charge in [-0.25, -0.2) is 0 Å². The third-order valence-electron chi connectivity index (χ3n) is 2.18. The van der Waals surface area contributed by atoms with E-state index in [-0.39, 0.29) is 18.3 Å². The molecule has 0 saturated carbocycles. The van der Waals surface area contributed by atoms with Crippen LogP contribution in [0.15, 0.2) is 18.2 Å². The first-order valence-corrected chi connectivity index (χ1v) is 5.52. The second-order valence-electron chi connectivity index (χ2n) is 3.61. The van der Waals surface area contributed by atoms with E-state index in [0.29, 0.717) is 13.1 Å². The van der Waals surface area contributed by atoms with Crippen LogP contribution in [-0.4, -0.2) is 37.6 Å². The van der Waals surface area contributed by atoms with E-state index in [4.69, 9.17) is 4.74 Å². The van der Waals surface area contributed by atoms with Crippen molar-refractivity contribution >= 4 is 11.6 Å². The van der Waals surface area contributed by atoms with Gasteiger partial charge in [0.15, 0.2) is 6.61 Å². The zero-order valence-electron chi connectivity index (χ0n) is 10.3. The Morgan fingerprint density at radius 3 is 2.79 bits per heavy atom. The number of nitrogens with one attached hydrogen (secondary N) is 2. The normalized spacial score (nSPS) is 10.0. The van der Waals surface area contributed by atoms with Crippen molar-refractivity contribution in [2.45, 2.75) is 0 Å². The van der Waals surface area contributed by atoms with Crippen LogP contribution in [0, 0.1) is 15.9 Å². The molecule has 0 aromatic heterocycles. The maximum Gasteiger partial charge on any atom is 0.305 e. The predicted molar refractivity (Wildman–Crippen MR) is 65.5 cm³/mol. The van der Waals surface area contributed by atoms with E-state index in [1.165, 1.54) is 6.07 Å². The number of ether oxygens (including phenoxy) is 1. The van der Waals surface area contributed by atoms with E-state index in [2.05, 4.69) is 10.6 Å². The van der Waals surface area contributed by atoms with Crippen LogP contribution in [0.2, 0.25) is 0 Å². The summed E-state index contributed by atoms with van der Waals surface area (Å²) in [6.07, 6.45) is 0. The van der Waals surface area contributed by atoms with Crippen LogP contribution in [0.25, 0.3) is 0 Å². The lowest BCUT2D eigenvalue weighted by Crippen LogP contribution is -2.33. The van der Waals surface area contributed by atoms with E-state index in [1.807, 2.05) is 0 Å². The summed E-state index contributed by atoms with van der Waals surface area (Å²) in [5.41, 5.74) is -0.633. The van der Waals surface area contributed by atoms with Gasteiger partial charge in [0.05, 0.1) is 4.92 Å². The zero-order valence-corrected chi connectivity index (χ0v) is 10.3. The molecule has 104 valence electrons. The standard InChI is InChI=1S/C11H14FN3O4/c1-13-4-5-14-11(16)7-19-8-2-3-10(15(17)18)9(12)6-8/h2-3,6,13H,4-5,7H2,1H3,(H,14,16). The van der Waals surface area contributed by atoms with Gasteiger partial charge in [0, 0.05) is 25.2 Å². The van der Waals surface area contributed by atoms with Crippen LogP contribution < -0.4 is 15.4 Å². The van der Waals surface area contributed by atoms with Gasteiger partial charge in [0.25, 0.3) is 5.91 Å². The Morgan fingerprint density at radius 1 is 1.47 bits per heavy atom. The number of rotatable bonds is 7. The van der Waals surface area contributed by atoms with E-state index in [0.717, 1.165) is 12.1 Å². The molecule has 8 heteroatoms. The SMILES string of the molecule is CNCCNC(=O)COc1ccc([N+](=O)[O-])c(F)c1. The largest absolute Gasteiger partial charge is 0.484 e. The topological polar surface area (TPSA) is 93.5 Å². The maximum atomic E-state index is 13.2. The molecule has 0 radical (unpaired) electrons. The van der Waals surface area contributed by atoms with Gasteiger partial charge >= 0.3 is 5.69 Å². The lowest BCUT2D eigenvalue weighted by atomic mass is 10.3. The van der Waals surface area contributed by atoms with Crippen molar-refractivity contribution in [1.82, 2.24) is 10.6 Å². The predicted octanol–water partition coefficient (Wildman–Crippen LogP) is 0.448. The molecule has 0 unspecified atom stereocenters. The third-order valence-corrected chi connectivity index (χ3v) is 2.18. The molecule has 0 saturated heterocycles. The quantitative estimate of drug-likeness (QED) is 0.426.